The van der Waals surface area contributed by atoms with Gasteiger partial charge >= 0.3 is 0 Å². The van der Waals surface area contributed by atoms with Crippen molar-refractivity contribution in [1.82, 2.24) is 15.6 Å². The molecule has 0 radical (unpaired) electrons. The molecule has 1 aromatic heterocycles. The van der Waals surface area contributed by atoms with E-state index in [4.69, 9.17) is 5.11 Å². The minimum absolute atomic E-state index is 0.0392. The highest BCUT2D eigenvalue weighted by molar-refractivity contribution is 5.99. The molecule has 6 nitrogen and oxygen atoms in total. The monoisotopic (exact) mass is 275 g/mol. The normalized spacial score (nSPS) is 10.9. The number of nitrogens with zero attached hydrogens (tertiary/aromatic N) is 1. The molecule has 0 saturated carbocycles. The van der Waals surface area contributed by atoms with Gasteiger partial charge in [0.1, 0.15) is 6.04 Å². The molecule has 1 unspecified atom stereocenters. The second kappa shape index (κ2) is 7.92. The number of carbonyl (C=O) groups is 2. The first-order valence-corrected chi connectivity index (χ1v) is 6.16. The van der Waals surface area contributed by atoms with Crippen LogP contribution in [0.5, 0.6) is 0 Å². The van der Waals surface area contributed by atoms with Crippen LogP contribution in [-0.2, 0) is 4.79 Å². The molecule has 0 bridgehead atoms. The number of nitrogens with one attached hydrogen (secondary N) is 2. The lowest BCUT2D eigenvalue weighted by Gasteiger charge is -2.12. The lowest BCUT2D eigenvalue weighted by atomic mass is 10.1. The Morgan fingerprint density at radius 1 is 1.50 bits per heavy atom. The minimum Gasteiger partial charge on any atom is -0.395 e. The Morgan fingerprint density at radius 3 is 2.90 bits per heavy atom. The van der Waals surface area contributed by atoms with E-state index < -0.39 is 11.9 Å². The maximum atomic E-state index is 12.1. The predicted octanol–water partition coefficient (Wildman–Crippen LogP) is -0.320. The zero-order valence-electron chi connectivity index (χ0n) is 11.4. The van der Waals surface area contributed by atoms with E-state index in [1.54, 1.807) is 6.92 Å². The third-order valence-corrected chi connectivity index (χ3v) is 2.51. The van der Waals surface area contributed by atoms with Gasteiger partial charge in [0, 0.05) is 25.9 Å². The van der Waals surface area contributed by atoms with Gasteiger partial charge in [-0.15, -0.1) is 0 Å². The summed E-state index contributed by atoms with van der Waals surface area (Å²) in [5, 5.41) is 13.7. The van der Waals surface area contributed by atoms with Gasteiger partial charge in [-0.25, -0.2) is 0 Å². The Hall–Kier alpha value is -2.39. The van der Waals surface area contributed by atoms with Crippen LogP contribution in [0.2, 0.25) is 0 Å². The topological polar surface area (TPSA) is 91.3 Å². The number of amides is 2. The standard InChI is InChI=1S/C14H17N3O3/c1-10(13(19)15-2)17-14(20)12-6-7-16-9-11(12)5-3-4-8-18/h6-7,9-10,18H,4,8H2,1-2H3,(H,15,19)(H,17,20). The highest BCUT2D eigenvalue weighted by atomic mass is 16.2. The molecule has 1 atom stereocenters. The van der Waals surface area contributed by atoms with Crippen molar-refractivity contribution >= 4 is 11.8 Å². The van der Waals surface area contributed by atoms with Crippen molar-refractivity contribution in [2.45, 2.75) is 19.4 Å². The molecule has 6 heteroatoms. The summed E-state index contributed by atoms with van der Waals surface area (Å²) in [5.74, 6) is 4.84. The highest BCUT2D eigenvalue weighted by Gasteiger charge is 2.16. The molecular formula is C14H17N3O3. The molecule has 2 amide bonds. The summed E-state index contributed by atoms with van der Waals surface area (Å²) in [4.78, 5) is 27.4. The molecule has 20 heavy (non-hydrogen) atoms. The van der Waals surface area contributed by atoms with Gasteiger partial charge in [0.15, 0.2) is 0 Å². The lowest BCUT2D eigenvalue weighted by Crippen LogP contribution is -2.43. The number of hydrogen-bond donors (Lipinski definition) is 3. The van der Waals surface area contributed by atoms with Crippen LogP contribution in [0.4, 0.5) is 0 Å². The van der Waals surface area contributed by atoms with Gasteiger partial charge in [0.2, 0.25) is 5.91 Å². The average molecular weight is 275 g/mol. The quantitative estimate of drug-likeness (QED) is 0.657. The molecule has 0 saturated heterocycles. The van der Waals surface area contributed by atoms with Gasteiger partial charge in [-0.3, -0.25) is 14.6 Å². The lowest BCUT2D eigenvalue weighted by molar-refractivity contribution is -0.122. The third-order valence-electron chi connectivity index (χ3n) is 2.51. The van der Waals surface area contributed by atoms with Crippen molar-refractivity contribution in [3.05, 3.63) is 29.6 Å². The van der Waals surface area contributed by atoms with Crippen molar-refractivity contribution in [2.75, 3.05) is 13.7 Å². The number of hydrogen-bond acceptors (Lipinski definition) is 4. The van der Waals surface area contributed by atoms with Gasteiger partial charge in [-0.2, -0.15) is 0 Å². The summed E-state index contributed by atoms with van der Waals surface area (Å²) < 4.78 is 0. The van der Waals surface area contributed by atoms with Crippen molar-refractivity contribution in [1.29, 1.82) is 0 Å². The van der Waals surface area contributed by atoms with Crippen molar-refractivity contribution < 1.29 is 14.7 Å². The number of aliphatic hydroxyl groups excluding tert-OH is 1. The Balaban J connectivity index is 2.88. The molecule has 0 aromatic carbocycles. The SMILES string of the molecule is CNC(=O)C(C)NC(=O)c1ccncc1C#CCCO. The van der Waals surface area contributed by atoms with Gasteiger partial charge in [0.05, 0.1) is 17.7 Å². The van der Waals surface area contributed by atoms with E-state index in [-0.39, 0.29) is 12.5 Å². The van der Waals surface area contributed by atoms with E-state index in [9.17, 15) is 9.59 Å². The van der Waals surface area contributed by atoms with Crippen molar-refractivity contribution in [2.24, 2.45) is 0 Å². The molecule has 0 aliphatic rings. The third kappa shape index (κ3) is 4.37. The molecule has 0 fully saturated rings. The summed E-state index contributed by atoms with van der Waals surface area (Å²) in [6.07, 6.45) is 3.28. The first-order valence-electron chi connectivity index (χ1n) is 6.16. The molecule has 0 spiro atoms. The van der Waals surface area contributed by atoms with Crippen LogP contribution in [0.3, 0.4) is 0 Å². The largest absolute Gasteiger partial charge is 0.395 e. The molecule has 3 N–H and O–H groups in total. The Kier molecular flexibility index (Phi) is 6.20. The number of likely N-dealkylation sites (N-methyl/N-ethyl adjacent to an activating group) is 1. The fourth-order valence-electron chi connectivity index (χ4n) is 1.46. The molecule has 0 aliphatic heterocycles. The summed E-state index contributed by atoms with van der Waals surface area (Å²) in [6.45, 7) is 1.55. The number of carbonyl (C=O) groups excluding carboxylic acids is 2. The Morgan fingerprint density at radius 2 is 2.25 bits per heavy atom. The van der Waals surface area contributed by atoms with Crippen LogP contribution in [0.25, 0.3) is 0 Å². The maximum Gasteiger partial charge on any atom is 0.253 e. The van der Waals surface area contributed by atoms with Crippen molar-refractivity contribution in [3.8, 4) is 11.8 Å². The molecule has 1 heterocycles. The molecular weight excluding hydrogens is 258 g/mol. The van der Waals surface area contributed by atoms with Crippen LogP contribution >= 0.6 is 0 Å². The number of aliphatic hydroxyl groups is 1. The first kappa shape index (κ1) is 15.7. The highest BCUT2D eigenvalue weighted by Crippen LogP contribution is 2.06. The predicted molar refractivity (Wildman–Crippen MR) is 73.8 cm³/mol. The van der Waals surface area contributed by atoms with Crippen LogP contribution in [-0.4, -0.2) is 41.6 Å². The molecule has 106 valence electrons. The van der Waals surface area contributed by atoms with E-state index in [1.165, 1.54) is 25.5 Å². The van der Waals surface area contributed by atoms with Crippen LogP contribution < -0.4 is 10.6 Å². The minimum atomic E-state index is -0.640. The Bertz CT molecular complexity index is 546. The Labute approximate surface area is 117 Å². The number of aromatic nitrogens is 1. The van der Waals surface area contributed by atoms with Crippen LogP contribution in [0.1, 0.15) is 29.3 Å². The van der Waals surface area contributed by atoms with Crippen molar-refractivity contribution in [3.63, 3.8) is 0 Å². The zero-order valence-corrected chi connectivity index (χ0v) is 11.4. The zero-order chi connectivity index (χ0) is 15.0. The summed E-state index contributed by atoms with van der Waals surface area (Å²) in [6, 6.07) is 0.897. The number of rotatable bonds is 4. The van der Waals surface area contributed by atoms with E-state index >= 15 is 0 Å². The summed E-state index contributed by atoms with van der Waals surface area (Å²) in [5.41, 5.74) is 0.809. The van der Waals surface area contributed by atoms with Crippen LogP contribution in [0.15, 0.2) is 18.5 Å². The second-order valence-electron chi connectivity index (χ2n) is 4.01. The average Bonchev–Trinajstić information content (AvgIpc) is 2.47. The van der Waals surface area contributed by atoms with E-state index in [0.717, 1.165) is 0 Å². The fraction of sp³-hybridized carbons (Fsp3) is 0.357. The van der Waals surface area contributed by atoms with Gasteiger partial charge in [-0.05, 0) is 13.0 Å². The summed E-state index contributed by atoms with van der Waals surface area (Å²) in [7, 11) is 1.50. The van der Waals surface area contributed by atoms with Crippen LogP contribution in [0, 0.1) is 11.8 Å². The fourth-order valence-corrected chi connectivity index (χ4v) is 1.46. The number of pyridine rings is 1. The smallest absolute Gasteiger partial charge is 0.253 e. The van der Waals surface area contributed by atoms with E-state index in [1.807, 2.05) is 0 Å². The molecule has 1 aromatic rings. The molecule has 1 rings (SSSR count). The summed E-state index contributed by atoms with van der Waals surface area (Å²) >= 11 is 0. The van der Waals surface area contributed by atoms with E-state index in [2.05, 4.69) is 27.5 Å². The molecule has 0 aliphatic carbocycles. The maximum absolute atomic E-state index is 12.1. The van der Waals surface area contributed by atoms with Gasteiger partial charge < -0.3 is 15.7 Å². The first-order chi connectivity index (χ1) is 9.60. The van der Waals surface area contributed by atoms with Gasteiger partial charge in [-0.1, -0.05) is 11.8 Å². The second-order valence-corrected chi connectivity index (χ2v) is 4.01. The van der Waals surface area contributed by atoms with E-state index in [0.29, 0.717) is 17.5 Å². The van der Waals surface area contributed by atoms with Gasteiger partial charge in [0.25, 0.3) is 5.91 Å².